The van der Waals surface area contributed by atoms with Gasteiger partial charge in [0.25, 0.3) is 0 Å². The third kappa shape index (κ3) is 2.94. The van der Waals surface area contributed by atoms with Crippen molar-refractivity contribution >= 4 is 0 Å². The van der Waals surface area contributed by atoms with E-state index in [2.05, 4.69) is 33.0 Å². The molecule has 0 radical (unpaired) electrons. The molecule has 0 aliphatic carbocycles. The summed E-state index contributed by atoms with van der Waals surface area (Å²) in [4.78, 5) is 0. The fraction of sp³-hybridized carbons (Fsp3) is 1.00. The summed E-state index contributed by atoms with van der Waals surface area (Å²) in [6, 6.07) is 0.393. The van der Waals surface area contributed by atoms with E-state index in [-0.39, 0.29) is 17.8 Å². The normalized spacial score (nSPS) is 29.4. The third-order valence-electron chi connectivity index (χ3n) is 2.80. The zero-order valence-electron chi connectivity index (χ0n) is 9.76. The molecular formula is C11H23NO2. The fourth-order valence-electron chi connectivity index (χ4n) is 2.24. The number of ether oxygens (including phenoxy) is 1. The smallest absolute Gasteiger partial charge is 0.0787 e. The van der Waals surface area contributed by atoms with E-state index in [4.69, 9.17) is 9.84 Å². The molecule has 0 aromatic rings. The number of nitrogens with one attached hydrogen (secondary N) is 1. The van der Waals surface area contributed by atoms with Gasteiger partial charge in [0.2, 0.25) is 0 Å². The van der Waals surface area contributed by atoms with Crippen molar-refractivity contribution < 1.29 is 9.84 Å². The van der Waals surface area contributed by atoms with Crippen molar-refractivity contribution in [3.8, 4) is 0 Å². The molecule has 2 N–H and O–H groups in total. The predicted octanol–water partition coefficient (Wildman–Crippen LogP) is 1.30. The summed E-state index contributed by atoms with van der Waals surface area (Å²) in [6.07, 6.45) is 1.85. The van der Waals surface area contributed by atoms with Gasteiger partial charge in [-0.2, -0.15) is 0 Å². The number of aliphatic hydroxyl groups is 1. The van der Waals surface area contributed by atoms with Gasteiger partial charge in [0.1, 0.15) is 0 Å². The van der Waals surface area contributed by atoms with Gasteiger partial charge in [-0.1, -0.05) is 0 Å². The predicted molar refractivity (Wildman–Crippen MR) is 57.4 cm³/mol. The Balaban J connectivity index is 2.44. The number of hydrogen-bond acceptors (Lipinski definition) is 3. The van der Waals surface area contributed by atoms with Crippen LogP contribution in [0, 0.1) is 0 Å². The molecule has 1 fully saturated rings. The van der Waals surface area contributed by atoms with Gasteiger partial charge >= 0.3 is 0 Å². The van der Waals surface area contributed by atoms with Gasteiger partial charge in [-0.05, 0) is 47.1 Å². The summed E-state index contributed by atoms with van der Waals surface area (Å²) in [7, 11) is 0. The van der Waals surface area contributed by atoms with Crippen LogP contribution in [0.15, 0.2) is 0 Å². The second-order valence-electron chi connectivity index (χ2n) is 5.25. The molecule has 0 amide bonds. The van der Waals surface area contributed by atoms with E-state index in [0.29, 0.717) is 6.04 Å². The Morgan fingerprint density at radius 1 is 1.36 bits per heavy atom. The minimum absolute atomic E-state index is 0.0274. The molecule has 1 unspecified atom stereocenters. The van der Waals surface area contributed by atoms with Crippen LogP contribution in [0.4, 0.5) is 0 Å². The van der Waals surface area contributed by atoms with Crippen LogP contribution in [0.5, 0.6) is 0 Å². The molecule has 0 aromatic carbocycles. The Labute approximate surface area is 86.8 Å². The standard InChI is InChI=1S/C11H23NO2/c1-10(2)8-9(11(3,4)14-10)12-6-5-7-13/h9,12-13H,5-8H2,1-4H3. The molecule has 0 bridgehead atoms. The maximum atomic E-state index is 8.70. The minimum atomic E-state index is -0.0983. The summed E-state index contributed by atoms with van der Waals surface area (Å²) in [5, 5.41) is 12.1. The number of aliphatic hydroxyl groups excluding tert-OH is 1. The molecule has 1 heterocycles. The summed E-state index contributed by atoms with van der Waals surface area (Å²) in [5.74, 6) is 0. The number of rotatable bonds is 4. The Morgan fingerprint density at radius 2 is 2.00 bits per heavy atom. The van der Waals surface area contributed by atoms with Gasteiger partial charge in [0.15, 0.2) is 0 Å². The highest BCUT2D eigenvalue weighted by atomic mass is 16.5. The largest absolute Gasteiger partial charge is 0.396 e. The summed E-state index contributed by atoms with van der Waals surface area (Å²) in [6.45, 7) is 9.62. The summed E-state index contributed by atoms with van der Waals surface area (Å²) < 4.78 is 5.95. The molecule has 3 nitrogen and oxygen atoms in total. The lowest BCUT2D eigenvalue weighted by atomic mass is 9.94. The zero-order valence-corrected chi connectivity index (χ0v) is 9.76. The summed E-state index contributed by atoms with van der Waals surface area (Å²) >= 11 is 0. The molecule has 0 spiro atoms. The highest BCUT2D eigenvalue weighted by Crippen LogP contribution is 2.37. The quantitative estimate of drug-likeness (QED) is 0.674. The van der Waals surface area contributed by atoms with E-state index in [1.807, 2.05) is 0 Å². The van der Waals surface area contributed by atoms with Crippen LogP contribution in [0.1, 0.15) is 40.5 Å². The lowest BCUT2D eigenvalue weighted by molar-refractivity contribution is -0.0698. The maximum absolute atomic E-state index is 8.70. The van der Waals surface area contributed by atoms with Crippen molar-refractivity contribution in [2.24, 2.45) is 0 Å². The van der Waals surface area contributed by atoms with Gasteiger partial charge < -0.3 is 15.2 Å². The lowest BCUT2D eigenvalue weighted by Crippen LogP contribution is -2.43. The zero-order chi connectivity index (χ0) is 10.8. The molecule has 1 atom stereocenters. The highest BCUT2D eigenvalue weighted by molar-refractivity contribution is 4.98. The van der Waals surface area contributed by atoms with Gasteiger partial charge in [-0.3, -0.25) is 0 Å². The second kappa shape index (κ2) is 4.17. The van der Waals surface area contributed by atoms with Crippen LogP contribution in [-0.2, 0) is 4.74 Å². The van der Waals surface area contributed by atoms with E-state index < -0.39 is 0 Å². The Morgan fingerprint density at radius 3 is 2.43 bits per heavy atom. The second-order valence-corrected chi connectivity index (χ2v) is 5.25. The topological polar surface area (TPSA) is 41.5 Å². The first-order valence-corrected chi connectivity index (χ1v) is 5.42. The van der Waals surface area contributed by atoms with Gasteiger partial charge in [0.05, 0.1) is 11.2 Å². The first kappa shape index (κ1) is 12.0. The Bertz CT molecular complexity index is 190. The summed E-state index contributed by atoms with van der Waals surface area (Å²) in [5.41, 5.74) is -0.126. The van der Waals surface area contributed by atoms with E-state index in [1.165, 1.54) is 0 Å². The van der Waals surface area contributed by atoms with E-state index >= 15 is 0 Å². The van der Waals surface area contributed by atoms with Gasteiger partial charge in [0, 0.05) is 12.6 Å². The molecule has 1 saturated heterocycles. The molecular weight excluding hydrogens is 178 g/mol. The van der Waals surface area contributed by atoms with Crippen molar-refractivity contribution in [2.45, 2.75) is 57.8 Å². The van der Waals surface area contributed by atoms with E-state index in [1.54, 1.807) is 0 Å². The monoisotopic (exact) mass is 201 g/mol. The molecule has 0 aromatic heterocycles. The van der Waals surface area contributed by atoms with Crippen LogP contribution < -0.4 is 5.32 Å². The highest BCUT2D eigenvalue weighted by Gasteiger charge is 2.45. The molecule has 1 rings (SSSR count). The van der Waals surface area contributed by atoms with Crippen molar-refractivity contribution in [3.63, 3.8) is 0 Å². The minimum Gasteiger partial charge on any atom is -0.396 e. The molecule has 14 heavy (non-hydrogen) atoms. The van der Waals surface area contributed by atoms with Crippen molar-refractivity contribution in [1.29, 1.82) is 0 Å². The third-order valence-corrected chi connectivity index (χ3v) is 2.80. The maximum Gasteiger partial charge on any atom is 0.0787 e. The van der Waals surface area contributed by atoms with E-state index in [0.717, 1.165) is 19.4 Å². The molecule has 3 heteroatoms. The van der Waals surface area contributed by atoms with Crippen molar-refractivity contribution in [2.75, 3.05) is 13.2 Å². The Kier molecular flexibility index (Phi) is 3.56. The Hall–Kier alpha value is -0.120. The molecule has 0 saturated carbocycles. The first-order valence-electron chi connectivity index (χ1n) is 5.42. The number of hydrogen-bond donors (Lipinski definition) is 2. The van der Waals surface area contributed by atoms with Crippen LogP contribution in [0.3, 0.4) is 0 Å². The van der Waals surface area contributed by atoms with Crippen LogP contribution >= 0.6 is 0 Å². The van der Waals surface area contributed by atoms with Crippen LogP contribution in [0.25, 0.3) is 0 Å². The average Bonchev–Trinajstić information content (AvgIpc) is 2.20. The van der Waals surface area contributed by atoms with Crippen molar-refractivity contribution in [3.05, 3.63) is 0 Å². The van der Waals surface area contributed by atoms with Crippen LogP contribution in [-0.4, -0.2) is 35.5 Å². The van der Waals surface area contributed by atoms with Crippen LogP contribution in [0.2, 0.25) is 0 Å². The molecule has 1 aliphatic rings. The van der Waals surface area contributed by atoms with Crippen molar-refractivity contribution in [1.82, 2.24) is 5.32 Å². The lowest BCUT2D eigenvalue weighted by Gasteiger charge is -2.27. The molecule has 1 aliphatic heterocycles. The van der Waals surface area contributed by atoms with E-state index in [9.17, 15) is 0 Å². The van der Waals surface area contributed by atoms with Gasteiger partial charge in [-0.25, -0.2) is 0 Å². The van der Waals surface area contributed by atoms with Gasteiger partial charge in [-0.15, -0.1) is 0 Å². The SMILES string of the molecule is CC1(C)CC(NCCCO)C(C)(C)O1. The fourth-order valence-corrected chi connectivity index (χ4v) is 2.24. The first-order chi connectivity index (χ1) is 6.37. The average molecular weight is 201 g/mol. The molecule has 84 valence electrons.